The lowest BCUT2D eigenvalue weighted by Gasteiger charge is -2.24. The van der Waals surface area contributed by atoms with Crippen LogP contribution in [-0.2, 0) is 13.1 Å². The number of anilines is 1. The van der Waals surface area contributed by atoms with Gasteiger partial charge < -0.3 is 10.0 Å². The van der Waals surface area contributed by atoms with Crippen molar-refractivity contribution in [2.45, 2.75) is 44.8 Å². The van der Waals surface area contributed by atoms with Crippen LogP contribution in [0.1, 0.15) is 43.0 Å². The van der Waals surface area contributed by atoms with Crippen LogP contribution in [0.3, 0.4) is 0 Å². The van der Waals surface area contributed by atoms with Crippen LogP contribution in [-0.4, -0.2) is 56.0 Å². The lowest BCUT2D eigenvalue weighted by Crippen LogP contribution is -2.24. The molecule has 4 heterocycles. The maximum Gasteiger partial charge on any atom is 0.225 e. The molecule has 0 spiro atoms. The van der Waals surface area contributed by atoms with Crippen molar-refractivity contribution in [3.8, 4) is 11.3 Å². The first-order valence-corrected chi connectivity index (χ1v) is 11.4. The Labute approximate surface area is 183 Å². The van der Waals surface area contributed by atoms with E-state index in [-0.39, 0.29) is 12.6 Å². The standard InChI is InChI=1S/C24H30N6O/c31-16-15-30-18-20(21-10-11-25-24(26-21)28-12-4-5-13-28)23(27-30)22-9-6-14-29(22)17-19-7-2-1-3-8-19/h1-3,7-8,10-11,18,22,31H,4-6,9,12-17H2/t22-/m1/s1. The number of hydrogen-bond donors (Lipinski definition) is 1. The highest BCUT2D eigenvalue weighted by atomic mass is 16.3. The van der Waals surface area contributed by atoms with Crippen LogP contribution in [0, 0.1) is 0 Å². The Morgan fingerprint density at radius 3 is 2.65 bits per heavy atom. The summed E-state index contributed by atoms with van der Waals surface area (Å²) in [5.41, 5.74) is 4.36. The second-order valence-electron chi connectivity index (χ2n) is 8.46. The number of likely N-dealkylation sites (tertiary alicyclic amines) is 1. The minimum Gasteiger partial charge on any atom is -0.394 e. The second kappa shape index (κ2) is 9.16. The Morgan fingerprint density at radius 1 is 1.00 bits per heavy atom. The SMILES string of the molecule is OCCn1cc(-c2ccnc(N3CCCC3)n2)c([C@H]2CCCN2Cc2ccccc2)n1. The zero-order chi connectivity index (χ0) is 21.0. The number of aliphatic hydroxyl groups excluding tert-OH is 1. The van der Waals surface area contributed by atoms with E-state index in [9.17, 15) is 5.11 Å². The molecule has 162 valence electrons. The molecule has 2 saturated heterocycles. The van der Waals surface area contributed by atoms with Crippen molar-refractivity contribution < 1.29 is 5.11 Å². The Hall–Kier alpha value is -2.77. The van der Waals surface area contributed by atoms with Crippen molar-refractivity contribution in [1.29, 1.82) is 0 Å². The van der Waals surface area contributed by atoms with Gasteiger partial charge in [-0.1, -0.05) is 30.3 Å². The van der Waals surface area contributed by atoms with E-state index in [0.29, 0.717) is 6.54 Å². The highest BCUT2D eigenvalue weighted by Gasteiger charge is 2.31. The third kappa shape index (κ3) is 4.34. The van der Waals surface area contributed by atoms with Crippen LogP contribution in [0.5, 0.6) is 0 Å². The maximum atomic E-state index is 9.49. The summed E-state index contributed by atoms with van der Waals surface area (Å²) in [6.07, 6.45) is 8.54. The summed E-state index contributed by atoms with van der Waals surface area (Å²) in [6, 6.07) is 12.9. The first-order valence-electron chi connectivity index (χ1n) is 11.4. The molecule has 1 aromatic carbocycles. The van der Waals surface area contributed by atoms with Crippen molar-refractivity contribution in [2.24, 2.45) is 0 Å². The van der Waals surface area contributed by atoms with Crippen LogP contribution in [0.2, 0.25) is 0 Å². The van der Waals surface area contributed by atoms with Gasteiger partial charge in [-0.05, 0) is 43.9 Å². The number of rotatable bonds is 7. The molecule has 0 unspecified atom stereocenters. The Balaban J connectivity index is 1.48. The average Bonchev–Trinajstić information content (AvgIpc) is 3.56. The third-order valence-corrected chi connectivity index (χ3v) is 6.33. The molecule has 0 aliphatic carbocycles. The normalized spacial score (nSPS) is 19.4. The number of nitrogens with zero attached hydrogens (tertiary/aromatic N) is 6. The fourth-order valence-corrected chi connectivity index (χ4v) is 4.81. The Morgan fingerprint density at radius 2 is 1.84 bits per heavy atom. The lowest BCUT2D eigenvalue weighted by molar-refractivity contribution is 0.240. The van der Waals surface area contributed by atoms with Gasteiger partial charge in [-0.15, -0.1) is 0 Å². The molecular weight excluding hydrogens is 388 g/mol. The summed E-state index contributed by atoms with van der Waals surface area (Å²) in [4.78, 5) is 14.2. The molecule has 2 aromatic heterocycles. The van der Waals surface area contributed by atoms with Crippen LogP contribution in [0.25, 0.3) is 11.3 Å². The van der Waals surface area contributed by atoms with Crippen molar-refractivity contribution in [3.63, 3.8) is 0 Å². The van der Waals surface area contributed by atoms with E-state index < -0.39 is 0 Å². The van der Waals surface area contributed by atoms with Gasteiger partial charge in [-0.25, -0.2) is 9.97 Å². The molecular formula is C24H30N6O. The van der Waals surface area contributed by atoms with E-state index in [1.165, 1.54) is 18.4 Å². The predicted octanol–water partition coefficient (Wildman–Crippen LogP) is 3.27. The molecule has 2 fully saturated rings. The van der Waals surface area contributed by atoms with Crippen molar-refractivity contribution in [1.82, 2.24) is 24.6 Å². The number of aromatic nitrogens is 4. The fraction of sp³-hybridized carbons (Fsp3) is 0.458. The molecule has 7 nitrogen and oxygen atoms in total. The molecule has 31 heavy (non-hydrogen) atoms. The van der Waals surface area contributed by atoms with E-state index in [4.69, 9.17) is 10.1 Å². The minimum absolute atomic E-state index is 0.0712. The summed E-state index contributed by atoms with van der Waals surface area (Å²) in [7, 11) is 0. The second-order valence-corrected chi connectivity index (χ2v) is 8.46. The number of benzene rings is 1. The summed E-state index contributed by atoms with van der Waals surface area (Å²) in [6.45, 7) is 4.58. The van der Waals surface area contributed by atoms with Gasteiger partial charge in [0.1, 0.15) is 0 Å². The summed E-state index contributed by atoms with van der Waals surface area (Å²) in [5.74, 6) is 0.809. The maximum absolute atomic E-state index is 9.49. The van der Waals surface area contributed by atoms with Gasteiger partial charge in [-0.3, -0.25) is 9.58 Å². The zero-order valence-corrected chi connectivity index (χ0v) is 17.9. The van der Waals surface area contributed by atoms with Gasteiger partial charge in [0.15, 0.2) is 0 Å². The highest BCUT2D eigenvalue weighted by Crippen LogP contribution is 2.37. The van der Waals surface area contributed by atoms with E-state index in [0.717, 1.165) is 61.9 Å². The molecule has 0 saturated carbocycles. The van der Waals surface area contributed by atoms with E-state index >= 15 is 0 Å². The molecule has 0 amide bonds. The average molecular weight is 419 g/mol. The lowest BCUT2D eigenvalue weighted by atomic mass is 10.0. The summed E-state index contributed by atoms with van der Waals surface area (Å²) >= 11 is 0. The number of aliphatic hydroxyl groups is 1. The van der Waals surface area contributed by atoms with Crippen LogP contribution < -0.4 is 4.90 Å². The molecule has 0 bridgehead atoms. The quantitative estimate of drug-likeness (QED) is 0.635. The highest BCUT2D eigenvalue weighted by molar-refractivity contribution is 5.63. The first-order chi connectivity index (χ1) is 15.3. The molecule has 0 radical (unpaired) electrons. The summed E-state index contributed by atoms with van der Waals surface area (Å²) < 4.78 is 1.86. The Bertz CT molecular complexity index is 998. The van der Waals surface area contributed by atoms with Gasteiger partial charge in [-0.2, -0.15) is 5.10 Å². The van der Waals surface area contributed by atoms with Crippen molar-refractivity contribution in [2.75, 3.05) is 31.1 Å². The van der Waals surface area contributed by atoms with E-state index in [2.05, 4.69) is 45.1 Å². The topological polar surface area (TPSA) is 70.3 Å². The van der Waals surface area contributed by atoms with Crippen molar-refractivity contribution in [3.05, 3.63) is 60.0 Å². The van der Waals surface area contributed by atoms with Crippen molar-refractivity contribution >= 4 is 5.95 Å². The van der Waals surface area contributed by atoms with E-state index in [1.54, 1.807) is 0 Å². The fourth-order valence-electron chi connectivity index (χ4n) is 4.81. The summed E-state index contributed by atoms with van der Waals surface area (Å²) in [5, 5.41) is 14.4. The smallest absolute Gasteiger partial charge is 0.225 e. The molecule has 1 N–H and O–H groups in total. The number of hydrogen-bond acceptors (Lipinski definition) is 6. The predicted molar refractivity (Wildman–Crippen MR) is 121 cm³/mol. The Kier molecular flexibility index (Phi) is 5.95. The molecule has 5 rings (SSSR count). The zero-order valence-electron chi connectivity index (χ0n) is 17.9. The van der Waals surface area contributed by atoms with Crippen LogP contribution in [0.4, 0.5) is 5.95 Å². The molecule has 3 aromatic rings. The van der Waals surface area contributed by atoms with Crippen LogP contribution >= 0.6 is 0 Å². The van der Waals surface area contributed by atoms with Crippen LogP contribution in [0.15, 0.2) is 48.8 Å². The largest absolute Gasteiger partial charge is 0.394 e. The van der Waals surface area contributed by atoms with Gasteiger partial charge in [0, 0.05) is 37.6 Å². The van der Waals surface area contributed by atoms with Gasteiger partial charge in [0.2, 0.25) is 5.95 Å². The van der Waals surface area contributed by atoms with Gasteiger partial charge in [0.25, 0.3) is 0 Å². The molecule has 2 aliphatic heterocycles. The minimum atomic E-state index is 0.0712. The third-order valence-electron chi connectivity index (χ3n) is 6.33. The molecule has 2 aliphatic rings. The van der Waals surface area contributed by atoms with Gasteiger partial charge >= 0.3 is 0 Å². The van der Waals surface area contributed by atoms with E-state index in [1.807, 2.05) is 23.1 Å². The monoisotopic (exact) mass is 418 g/mol. The molecule has 1 atom stereocenters. The molecule has 7 heteroatoms. The first kappa shape index (κ1) is 20.2. The van der Waals surface area contributed by atoms with Gasteiger partial charge in [0.05, 0.1) is 30.6 Å².